The Hall–Kier alpha value is -2.84. The fourth-order valence-electron chi connectivity index (χ4n) is 3.05. The lowest BCUT2D eigenvalue weighted by molar-refractivity contribution is -0.118. The third-order valence-corrected chi connectivity index (χ3v) is 4.62. The Balaban J connectivity index is 1.75. The molecule has 9 nitrogen and oxygen atoms in total. The molecular formula is C18H26N6O3. The molecular weight excluding hydrogens is 348 g/mol. The van der Waals surface area contributed by atoms with Gasteiger partial charge < -0.3 is 14.5 Å². The molecule has 1 aliphatic rings. The van der Waals surface area contributed by atoms with Crippen molar-refractivity contribution in [3.8, 4) is 0 Å². The molecule has 0 unspecified atom stereocenters. The molecule has 0 saturated carbocycles. The highest BCUT2D eigenvalue weighted by atomic mass is 16.6. The minimum Gasteiger partial charge on any atom is -0.450 e. The van der Waals surface area contributed by atoms with E-state index in [2.05, 4.69) is 20.3 Å². The normalized spacial score (nSPS) is 14.7. The molecule has 1 saturated heterocycles. The van der Waals surface area contributed by atoms with Crippen LogP contribution in [0.4, 0.5) is 16.4 Å². The number of carbonyl (C=O) groups is 2. The average Bonchev–Trinajstić information content (AvgIpc) is 3.06. The summed E-state index contributed by atoms with van der Waals surface area (Å²) in [6, 6.07) is 3.89. The maximum Gasteiger partial charge on any atom is 0.409 e. The summed E-state index contributed by atoms with van der Waals surface area (Å²) in [5.41, 5.74) is 2.66. The van der Waals surface area contributed by atoms with Gasteiger partial charge in [-0.3, -0.25) is 10.1 Å². The smallest absolute Gasteiger partial charge is 0.409 e. The quantitative estimate of drug-likeness (QED) is 0.879. The number of carbonyl (C=O) groups excluding carboxylic acids is 2. The highest BCUT2D eigenvalue weighted by molar-refractivity contribution is 5.90. The summed E-state index contributed by atoms with van der Waals surface area (Å²) in [5.74, 6) is 0.0592. The van der Waals surface area contributed by atoms with E-state index in [9.17, 15) is 9.59 Å². The van der Waals surface area contributed by atoms with Crippen LogP contribution in [-0.4, -0.2) is 64.3 Å². The highest BCUT2D eigenvalue weighted by Gasteiger charge is 2.24. The summed E-state index contributed by atoms with van der Waals surface area (Å²) < 4.78 is 6.81. The molecule has 0 spiro atoms. The van der Waals surface area contributed by atoms with Crippen molar-refractivity contribution in [1.29, 1.82) is 0 Å². The molecule has 0 bridgehead atoms. The minimum absolute atomic E-state index is 0.112. The van der Waals surface area contributed by atoms with E-state index < -0.39 is 0 Å². The summed E-state index contributed by atoms with van der Waals surface area (Å²) >= 11 is 0. The number of piperazine rings is 1. The SMILES string of the molecule is CCOC(=O)N1CCN(c2ccc3nc(NC(=O)C(C)C)nn3c2C)CC1. The van der Waals surface area contributed by atoms with Gasteiger partial charge in [-0.15, -0.1) is 5.10 Å². The van der Waals surface area contributed by atoms with Crippen molar-refractivity contribution in [1.82, 2.24) is 19.5 Å². The summed E-state index contributed by atoms with van der Waals surface area (Å²) in [7, 11) is 0. The number of amides is 2. The summed E-state index contributed by atoms with van der Waals surface area (Å²) in [6.45, 7) is 10.5. The van der Waals surface area contributed by atoms with Gasteiger partial charge in [0.05, 0.1) is 18.0 Å². The van der Waals surface area contributed by atoms with Gasteiger partial charge >= 0.3 is 6.09 Å². The Morgan fingerprint density at radius 1 is 1.22 bits per heavy atom. The van der Waals surface area contributed by atoms with Gasteiger partial charge in [-0.2, -0.15) is 4.98 Å². The van der Waals surface area contributed by atoms with E-state index in [1.165, 1.54) is 0 Å². The van der Waals surface area contributed by atoms with Gasteiger partial charge in [0.15, 0.2) is 5.65 Å². The number of hydrogen-bond acceptors (Lipinski definition) is 6. The van der Waals surface area contributed by atoms with Gasteiger partial charge in [0.2, 0.25) is 11.9 Å². The van der Waals surface area contributed by atoms with Crippen LogP contribution in [0.3, 0.4) is 0 Å². The van der Waals surface area contributed by atoms with Crippen molar-refractivity contribution < 1.29 is 14.3 Å². The molecule has 0 atom stereocenters. The van der Waals surface area contributed by atoms with E-state index in [0.717, 1.165) is 24.5 Å². The Labute approximate surface area is 158 Å². The van der Waals surface area contributed by atoms with Crippen LogP contribution >= 0.6 is 0 Å². The second-order valence-electron chi connectivity index (χ2n) is 6.83. The van der Waals surface area contributed by atoms with E-state index in [4.69, 9.17) is 4.74 Å². The molecule has 0 radical (unpaired) electrons. The topological polar surface area (TPSA) is 92.1 Å². The number of nitrogens with zero attached hydrogens (tertiary/aromatic N) is 5. The number of aryl methyl sites for hydroxylation is 1. The summed E-state index contributed by atoms with van der Waals surface area (Å²) in [5, 5.41) is 7.15. The lowest BCUT2D eigenvalue weighted by Crippen LogP contribution is -2.49. The molecule has 3 rings (SSSR count). The van der Waals surface area contributed by atoms with Gasteiger partial charge in [-0.1, -0.05) is 13.8 Å². The first-order valence-corrected chi connectivity index (χ1v) is 9.24. The number of fused-ring (bicyclic) bond motifs is 1. The number of ether oxygens (including phenoxy) is 1. The largest absolute Gasteiger partial charge is 0.450 e. The molecule has 2 aromatic heterocycles. The zero-order valence-electron chi connectivity index (χ0n) is 16.2. The van der Waals surface area contributed by atoms with Crippen LogP contribution in [0.5, 0.6) is 0 Å². The number of rotatable bonds is 4. The van der Waals surface area contributed by atoms with Crippen LogP contribution in [0, 0.1) is 12.8 Å². The Bertz CT molecular complexity index is 839. The number of nitrogens with one attached hydrogen (secondary N) is 1. The number of anilines is 2. The number of aromatic nitrogens is 3. The monoisotopic (exact) mass is 374 g/mol. The van der Waals surface area contributed by atoms with Crippen molar-refractivity contribution in [3.63, 3.8) is 0 Å². The second-order valence-corrected chi connectivity index (χ2v) is 6.83. The molecule has 1 fully saturated rings. The van der Waals surface area contributed by atoms with Gasteiger partial charge in [0.25, 0.3) is 0 Å². The first-order valence-electron chi connectivity index (χ1n) is 9.24. The van der Waals surface area contributed by atoms with E-state index in [-0.39, 0.29) is 17.9 Å². The minimum atomic E-state index is -0.258. The first-order chi connectivity index (χ1) is 12.9. The van der Waals surface area contributed by atoms with Crippen molar-refractivity contribution in [2.45, 2.75) is 27.7 Å². The molecule has 1 aliphatic heterocycles. The van der Waals surface area contributed by atoms with E-state index >= 15 is 0 Å². The van der Waals surface area contributed by atoms with Crippen LogP contribution in [0.1, 0.15) is 26.5 Å². The van der Waals surface area contributed by atoms with Crippen molar-refractivity contribution in [3.05, 3.63) is 17.8 Å². The predicted molar refractivity (Wildman–Crippen MR) is 102 cm³/mol. The third-order valence-electron chi connectivity index (χ3n) is 4.62. The molecule has 1 N–H and O–H groups in total. The molecule has 27 heavy (non-hydrogen) atoms. The Kier molecular flexibility index (Phi) is 5.48. The molecule has 3 heterocycles. The van der Waals surface area contributed by atoms with Crippen LogP contribution in [0.2, 0.25) is 0 Å². The zero-order chi connectivity index (χ0) is 19.6. The lowest BCUT2D eigenvalue weighted by atomic mass is 10.2. The highest BCUT2D eigenvalue weighted by Crippen LogP contribution is 2.23. The predicted octanol–water partition coefficient (Wildman–Crippen LogP) is 1.91. The Morgan fingerprint density at radius 3 is 2.56 bits per heavy atom. The van der Waals surface area contributed by atoms with Gasteiger partial charge in [0.1, 0.15) is 0 Å². The lowest BCUT2D eigenvalue weighted by Gasteiger charge is -2.36. The van der Waals surface area contributed by atoms with Gasteiger partial charge in [0, 0.05) is 32.1 Å². The van der Waals surface area contributed by atoms with E-state index in [0.29, 0.717) is 31.3 Å². The van der Waals surface area contributed by atoms with Gasteiger partial charge in [-0.05, 0) is 26.0 Å². The van der Waals surface area contributed by atoms with Crippen LogP contribution < -0.4 is 10.2 Å². The molecule has 146 valence electrons. The fourth-order valence-corrected chi connectivity index (χ4v) is 3.05. The van der Waals surface area contributed by atoms with E-state index in [1.54, 1.807) is 9.42 Å². The number of hydrogen-bond donors (Lipinski definition) is 1. The van der Waals surface area contributed by atoms with Crippen LogP contribution in [0.15, 0.2) is 12.1 Å². The van der Waals surface area contributed by atoms with Crippen molar-refractivity contribution in [2.24, 2.45) is 5.92 Å². The maximum absolute atomic E-state index is 11.9. The zero-order valence-corrected chi connectivity index (χ0v) is 16.2. The van der Waals surface area contributed by atoms with Crippen LogP contribution in [0.25, 0.3) is 5.65 Å². The fraction of sp³-hybridized carbons (Fsp3) is 0.556. The molecule has 0 aliphatic carbocycles. The number of pyridine rings is 1. The summed E-state index contributed by atoms with van der Waals surface area (Å²) in [4.78, 5) is 32.0. The first kappa shape index (κ1) is 18.9. The Morgan fingerprint density at radius 2 is 1.93 bits per heavy atom. The average molecular weight is 374 g/mol. The van der Waals surface area contributed by atoms with Crippen molar-refractivity contribution >= 4 is 29.3 Å². The van der Waals surface area contributed by atoms with Gasteiger partial charge in [-0.25, -0.2) is 9.31 Å². The maximum atomic E-state index is 11.9. The molecule has 9 heteroatoms. The third kappa shape index (κ3) is 3.96. The molecule has 0 aromatic carbocycles. The summed E-state index contributed by atoms with van der Waals surface area (Å²) in [6.07, 6.45) is -0.258. The second kappa shape index (κ2) is 7.81. The van der Waals surface area contributed by atoms with E-state index in [1.807, 2.05) is 39.8 Å². The van der Waals surface area contributed by atoms with Crippen LogP contribution in [-0.2, 0) is 9.53 Å². The molecule has 2 amide bonds. The molecule has 2 aromatic rings. The standard InChI is InChI=1S/C18H26N6O3/c1-5-27-18(26)23-10-8-22(9-11-23)14-6-7-15-19-17(20-16(25)12(2)3)21-24(15)13(14)4/h6-7,12H,5,8-11H2,1-4H3,(H,20,21,25). The van der Waals surface area contributed by atoms with Crippen molar-refractivity contribution in [2.75, 3.05) is 43.0 Å².